The number of nitrogens with zero attached hydrogens (tertiary/aromatic N) is 7. The second-order valence-corrected chi connectivity index (χ2v) is 8.75. The Morgan fingerprint density at radius 1 is 1.06 bits per heavy atom. The molecule has 5 aromatic rings. The Labute approximate surface area is 190 Å². The van der Waals surface area contributed by atoms with Crippen molar-refractivity contribution in [2.24, 2.45) is 5.92 Å². The molecule has 1 aliphatic rings. The highest BCUT2D eigenvalue weighted by molar-refractivity contribution is 5.81. The van der Waals surface area contributed by atoms with Crippen LogP contribution in [0.4, 0.5) is 0 Å². The molecule has 33 heavy (non-hydrogen) atoms. The molecule has 0 unspecified atom stereocenters. The summed E-state index contributed by atoms with van der Waals surface area (Å²) in [5.74, 6) is 0.870. The first-order chi connectivity index (χ1) is 16.3. The molecule has 0 radical (unpaired) electrons. The van der Waals surface area contributed by atoms with E-state index in [1.54, 1.807) is 25.0 Å². The van der Waals surface area contributed by atoms with Gasteiger partial charge >= 0.3 is 0 Å². The molecule has 0 bridgehead atoms. The molecule has 4 heterocycles. The van der Waals surface area contributed by atoms with Crippen LogP contribution in [0.15, 0.2) is 61.6 Å². The van der Waals surface area contributed by atoms with Crippen LogP contribution in [0.25, 0.3) is 27.8 Å². The third-order valence-corrected chi connectivity index (χ3v) is 6.34. The van der Waals surface area contributed by atoms with E-state index in [4.69, 9.17) is 0 Å². The van der Waals surface area contributed by atoms with E-state index in [1.807, 2.05) is 21.5 Å². The number of hydrogen-bond donors (Lipinski definition) is 2. The Bertz CT molecular complexity index is 1360. The molecule has 4 aromatic heterocycles. The first-order valence-corrected chi connectivity index (χ1v) is 11.3. The predicted molar refractivity (Wildman–Crippen MR) is 125 cm³/mol. The fourth-order valence-corrected chi connectivity index (χ4v) is 4.27. The van der Waals surface area contributed by atoms with Crippen LogP contribution in [-0.4, -0.2) is 46.3 Å². The Kier molecular flexibility index (Phi) is 5.16. The second kappa shape index (κ2) is 8.59. The highest BCUT2D eigenvalue weighted by Gasteiger charge is 2.16. The molecule has 1 saturated carbocycles. The number of hydrogen-bond acceptors (Lipinski definition) is 6. The molecule has 0 saturated heterocycles. The molecule has 0 aliphatic heterocycles. The monoisotopic (exact) mass is 439 g/mol. The van der Waals surface area contributed by atoms with Gasteiger partial charge in [-0.05, 0) is 54.5 Å². The van der Waals surface area contributed by atoms with Gasteiger partial charge < -0.3 is 10.3 Å². The third kappa shape index (κ3) is 4.27. The molecule has 1 aliphatic carbocycles. The zero-order valence-electron chi connectivity index (χ0n) is 18.2. The standard InChI is InChI=1S/C24H25N9/c1-2-17(3-1)9-25-11-21-7-19-5-4-18(6-23(19)29-21)13-33-14-24(30-31-33)20-8-22(12-26-10-20)32-15-27-28-16-32/h4-8,10,12,14-17,25,29H,1-3,9,11,13H2. The molecular formula is C24H25N9. The van der Waals surface area contributed by atoms with Crippen molar-refractivity contribution < 1.29 is 0 Å². The maximum atomic E-state index is 4.35. The van der Waals surface area contributed by atoms with E-state index in [2.05, 4.69) is 60.1 Å². The van der Waals surface area contributed by atoms with Crippen LogP contribution in [0.1, 0.15) is 30.5 Å². The van der Waals surface area contributed by atoms with Crippen LogP contribution in [0.5, 0.6) is 0 Å². The number of benzene rings is 1. The SMILES string of the molecule is c1cc2cc(CNCC3CCC3)[nH]c2cc1Cn1cc(-c2cncc(-n3cnnc3)c2)nn1. The molecule has 0 atom stereocenters. The third-order valence-electron chi connectivity index (χ3n) is 6.34. The number of aromatic nitrogens is 8. The minimum Gasteiger partial charge on any atom is -0.357 e. The molecule has 0 amide bonds. The van der Waals surface area contributed by atoms with Crippen molar-refractivity contribution in [3.05, 3.63) is 72.8 Å². The van der Waals surface area contributed by atoms with E-state index in [0.717, 1.165) is 41.5 Å². The largest absolute Gasteiger partial charge is 0.357 e. The fourth-order valence-electron chi connectivity index (χ4n) is 4.27. The summed E-state index contributed by atoms with van der Waals surface area (Å²) >= 11 is 0. The number of rotatable bonds is 8. The lowest BCUT2D eigenvalue weighted by Gasteiger charge is -2.25. The predicted octanol–water partition coefficient (Wildman–Crippen LogP) is 3.34. The van der Waals surface area contributed by atoms with Crippen LogP contribution in [-0.2, 0) is 13.1 Å². The first-order valence-electron chi connectivity index (χ1n) is 11.3. The number of pyridine rings is 1. The molecule has 9 nitrogen and oxygen atoms in total. The topological polar surface area (TPSA) is 102 Å². The first kappa shape index (κ1) is 19.8. The highest BCUT2D eigenvalue weighted by Crippen LogP contribution is 2.25. The number of aromatic amines is 1. The van der Waals surface area contributed by atoms with Gasteiger partial charge in [-0.15, -0.1) is 15.3 Å². The molecule has 1 fully saturated rings. The van der Waals surface area contributed by atoms with Crippen molar-refractivity contribution >= 4 is 10.9 Å². The lowest BCUT2D eigenvalue weighted by Crippen LogP contribution is -2.26. The Morgan fingerprint density at radius 2 is 1.97 bits per heavy atom. The zero-order chi connectivity index (χ0) is 22.0. The van der Waals surface area contributed by atoms with E-state index < -0.39 is 0 Å². The summed E-state index contributed by atoms with van der Waals surface area (Å²) < 4.78 is 3.66. The lowest BCUT2D eigenvalue weighted by molar-refractivity contribution is 0.301. The minimum atomic E-state index is 0.649. The Hall–Kier alpha value is -3.85. The van der Waals surface area contributed by atoms with Crippen molar-refractivity contribution in [2.75, 3.05) is 6.54 Å². The highest BCUT2D eigenvalue weighted by atomic mass is 15.4. The summed E-state index contributed by atoms with van der Waals surface area (Å²) in [4.78, 5) is 7.88. The summed E-state index contributed by atoms with van der Waals surface area (Å²) in [6.45, 7) is 2.65. The molecule has 0 spiro atoms. The van der Waals surface area contributed by atoms with E-state index >= 15 is 0 Å². The number of fused-ring (bicyclic) bond motifs is 1. The van der Waals surface area contributed by atoms with Crippen LogP contribution < -0.4 is 5.32 Å². The average molecular weight is 440 g/mol. The van der Waals surface area contributed by atoms with Crippen LogP contribution >= 0.6 is 0 Å². The lowest BCUT2D eigenvalue weighted by atomic mass is 9.85. The van der Waals surface area contributed by atoms with Gasteiger partial charge in [0.15, 0.2) is 0 Å². The summed E-state index contributed by atoms with van der Waals surface area (Å²) in [5, 5.41) is 21.2. The maximum absolute atomic E-state index is 4.35. The number of nitrogens with one attached hydrogen (secondary N) is 2. The quantitative estimate of drug-likeness (QED) is 0.384. The maximum Gasteiger partial charge on any atom is 0.123 e. The van der Waals surface area contributed by atoms with Crippen LogP contribution in [0, 0.1) is 5.92 Å². The van der Waals surface area contributed by atoms with Crippen molar-refractivity contribution in [1.29, 1.82) is 0 Å². The molecule has 166 valence electrons. The van der Waals surface area contributed by atoms with Gasteiger partial charge in [-0.2, -0.15) is 0 Å². The van der Waals surface area contributed by atoms with Crippen molar-refractivity contribution in [2.45, 2.75) is 32.4 Å². The van der Waals surface area contributed by atoms with Crippen molar-refractivity contribution in [1.82, 2.24) is 45.0 Å². The average Bonchev–Trinajstić information content (AvgIpc) is 3.56. The molecule has 1 aromatic carbocycles. The Balaban J connectivity index is 1.15. The van der Waals surface area contributed by atoms with Gasteiger partial charge in [-0.1, -0.05) is 23.8 Å². The smallest absolute Gasteiger partial charge is 0.123 e. The summed E-state index contributed by atoms with van der Waals surface area (Å²) in [6.07, 6.45) is 12.9. The molecular weight excluding hydrogens is 414 g/mol. The van der Waals surface area contributed by atoms with E-state index in [9.17, 15) is 0 Å². The van der Waals surface area contributed by atoms with Crippen molar-refractivity contribution in [3.8, 4) is 16.9 Å². The van der Waals surface area contributed by atoms with Gasteiger partial charge in [-0.25, -0.2) is 4.68 Å². The van der Waals surface area contributed by atoms with Crippen LogP contribution in [0.2, 0.25) is 0 Å². The van der Waals surface area contributed by atoms with Gasteiger partial charge in [0.05, 0.1) is 24.6 Å². The molecule has 6 rings (SSSR count). The second-order valence-electron chi connectivity index (χ2n) is 8.75. The summed E-state index contributed by atoms with van der Waals surface area (Å²) in [7, 11) is 0. The van der Waals surface area contributed by atoms with Gasteiger partial charge in [0.2, 0.25) is 0 Å². The van der Waals surface area contributed by atoms with E-state index in [-0.39, 0.29) is 0 Å². The van der Waals surface area contributed by atoms with E-state index in [0.29, 0.717) is 6.54 Å². The van der Waals surface area contributed by atoms with Gasteiger partial charge in [0, 0.05) is 29.5 Å². The van der Waals surface area contributed by atoms with Gasteiger partial charge in [-0.3, -0.25) is 9.55 Å². The summed E-state index contributed by atoms with van der Waals surface area (Å²) in [6, 6.07) is 10.7. The fraction of sp³-hybridized carbons (Fsp3) is 0.292. The van der Waals surface area contributed by atoms with E-state index in [1.165, 1.54) is 35.9 Å². The molecule has 2 N–H and O–H groups in total. The molecule has 9 heteroatoms. The van der Waals surface area contributed by atoms with Gasteiger partial charge in [0.25, 0.3) is 0 Å². The Morgan fingerprint density at radius 3 is 2.82 bits per heavy atom. The zero-order valence-corrected chi connectivity index (χ0v) is 18.2. The normalized spacial score (nSPS) is 14.1. The van der Waals surface area contributed by atoms with Crippen molar-refractivity contribution in [3.63, 3.8) is 0 Å². The number of H-pyrrole nitrogens is 1. The van der Waals surface area contributed by atoms with Crippen LogP contribution in [0.3, 0.4) is 0 Å². The summed E-state index contributed by atoms with van der Waals surface area (Å²) in [5.41, 5.74) is 6.10. The minimum absolute atomic E-state index is 0.649. The van der Waals surface area contributed by atoms with Gasteiger partial charge in [0.1, 0.15) is 18.3 Å².